The molecule has 0 radical (unpaired) electrons. The third kappa shape index (κ3) is 3.22. The van der Waals surface area contributed by atoms with Gasteiger partial charge in [0.05, 0.1) is 15.8 Å². The summed E-state index contributed by atoms with van der Waals surface area (Å²) in [7, 11) is -3.84. The lowest BCUT2D eigenvalue weighted by molar-refractivity contribution is 0.0924. The van der Waals surface area contributed by atoms with Crippen LogP contribution in [0.15, 0.2) is 32.7 Å². The zero-order valence-corrected chi connectivity index (χ0v) is 15.5. The Kier molecular flexibility index (Phi) is 4.66. The molecule has 0 spiro atoms. The number of aliphatic hydroxyl groups is 1. The number of hydrogen-bond donors (Lipinski definition) is 3. The second-order valence-electron chi connectivity index (χ2n) is 7.15. The molecule has 0 aliphatic carbocycles. The Bertz CT molecular complexity index is 1080. The van der Waals surface area contributed by atoms with Crippen molar-refractivity contribution in [1.82, 2.24) is 19.2 Å². The topological polar surface area (TPSA) is 127 Å². The van der Waals surface area contributed by atoms with Crippen molar-refractivity contribution in [3.8, 4) is 0 Å². The van der Waals surface area contributed by atoms with Crippen molar-refractivity contribution >= 4 is 20.9 Å². The quantitative estimate of drug-likeness (QED) is 0.638. The molecule has 2 fully saturated rings. The van der Waals surface area contributed by atoms with Crippen LogP contribution in [-0.4, -0.2) is 71.0 Å². The number of piperazine rings is 1. The minimum Gasteiger partial charge on any atom is -0.396 e. The predicted molar refractivity (Wildman–Crippen MR) is 99.2 cm³/mol. The second-order valence-corrected chi connectivity index (χ2v) is 9.04. The van der Waals surface area contributed by atoms with Crippen LogP contribution in [0.3, 0.4) is 0 Å². The molecular weight excluding hydrogens is 372 g/mol. The molecule has 2 aliphatic rings. The Morgan fingerprint density at radius 3 is 2.78 bits per heavy atom. The van der Waals surface area contributed by atoms with Crippen LogP contribution in [0.4, 0.5) is 0 Å². The van der Waals surface area contributed by atoms with E-state index in [0.717, 1.165) is 19.4 Å². The van der Waals surface area contributed by atoms with Gasteiger partial charge in [0.1, 0.15) is 0 Å². The molecule has 10 heteroatoms. The predicted octanol–water partition coefficient (Wildman–Crippen LogP) is -0.564. The van der Waals surface area contributed by atoms with Gasteiger partial charge < -0.3 is 10.1 Å². The van der Waals surface area contributed by atoms with Gasteiger partial charge in [0, 0.05) is 31.8 Å². The summed E-state index contributed by atoms with van der Waals surface area (Å²) in [6.07, 6.45) is 2.36. The average molecular weight is 394 g/mol. The molecule has 2 aliphatic heterocycles. The first-order valence-corrected chi connectivity index (χ1v) is 10.5. The van der Waals surface area contributed by atoms with Crippen LogP contribution in [-0.2, 0) is 10.0 Å². The first kappa shape index (κ1) is 18.4. The summed E-state index contributed by atoms with van der Waals surface area (Å²) >= 11 is 0. The molecular formula is C17H22N4O5S. The highest BCUT2D eigenvalue weighted by Crippen LogP contribution is 2.30. The van der Waals surface area contributed by atoms with Crippen LogP contribution in [0.1, 0.15) is 19.3 Å². The molecule has 2 aromatic rings. The minimum atomic E-state index is -3.84. The average Bonchev–Trinajstić information content (AvgIpc) is 3.08. The van der Waals surface area contributed by atoms with Crippen molar-refractivity contribution in [2.24, 2.45) is 0 Å². The van der Waals surface area contributed by atoms with E-state index in [1.165, 1.54) is 22.5 Å². The molecule has 0 amide bonds. The molecule has 27 heavy (non-hydrogen) atoms. The van der Waals surface area contributed by atoms with Crippen LogP contribution < -0.4 is 11.2 Å². The molecule has 3 N–H and O–H groups in total. The summed E-state index contributed by atoms with van der Waals surface area (Å²) in [6.45, 7) is 1.85. The van der Waals surface area contributed by atoms with Crippen LogP contribution >= 0.6 is 0 Å². The molecule has 1 aromatic carbocycles. The van der Waals surface area contributed by atoms with Crippen LogP contribution in [0.25, 0.3) is 10.9 Å². The Balaban J connectivity index is 1.76. The number of aliphatic hydroxyl groups excluding tert-OH is 1. The molecule has 4 rings (SSSR count). The third-order valence-corrected chi connectivity index (χ3v) is 7.44. The maximum Gasteiger partial charge on any atom is 0.326 e. The van der Waals surface area contributed by atoms with Crippen molar-refractivity contribution in [1.29, 1.82) is 0 Å². The summed E-state index contributed by atoms with van der Waals surface area (Å²) in [6, 6.07) is 4.03. The van der Waals surface area contributed by atoms with E-state index in [2.05, 4.69) is 14.9 Å². The number of hydrogen-bond acceptors (Lipinski definition) is 6. The molecule has 1 aromatic heterocycles. The van der Waals surface area contributed by atoms with Gasteiger partial charge in [0.25, 0.3) is 5.56 Å². The van der Waals surface area contributed by atoms with Crippen molar-refractivity contribution in [2.45, 2.75) is 36.2 Å². The number of nitrogens with one attached hydrogen (secondary N) is 2. The molecule has 0 saturated carbocycles. The summed E-state index contributed by atoms with van der Waals surface area (Å²) < 4.78 is 28.1. The number of benzene rings is 1. The van der Waals surface area contributed by atoms with Gasteiger partial charge in [-0.3, -0.25) is 14.7 Å². The van der Waals surface area contributed by atoms with E-state index in [1.54, 1.807) is 0 Å². The van der Waals surface area contributed by atoms with Gasteiger partial charge in [-0.05, 0) is 44.0 Å². The van der Waals surface area contributed by atoms with E-state index < -0.39 is 21.3 Å². The summed E-state index contributed by atoms with van der Waals surface area (Å²) in [5.41, 5.74) is -0.975. The molecule has 0 bridgehead atoms. The van der Waals surface area contributed by atoms with Gasteiger partial charge in [0.15, 0.2) is 0 Å². The van der Waals surface area contributed by atoms with Gasteiger partial charge in [-0.2, -0.15) is 4.31 Å². The molecule has 2 atom stereocenters. The first-order chi connectivity index (χ1) is 12.9. The fraction of sp³-hybridized carbons (Fsp3) is 0.529. The number of fused-ring (bicyclic) bond motifs is 2. The standard InChI is InChI=1S/C17H22N4O5S/c22-7-5-12-9-20-6-1-2-11(20)10-21(12)27(25,26)13-3-4-15-14(8-13)16(23)19-17(24)18-15/h3-4,8,11-12,22H,1-2,5-7,9-10H2,(H2,18,19,23,24)/t11?,12-/m0/s1. The summed E-state index contributed by atoms with van der Waals surface area (Å²) in [4.78, 5) is 30.4. The fourth-order valence-corrected chi connectivity index (χ4v) is 5.89. The van der Waals surface area contributed by atoms with Crippen LogP contribution in [0, 0.1) is 0 Å². The minimum absolute atomic E-state index is 0.0157. The lowest BCUT2D eigenvalue weighted by Crippen LogP contribution is -2.57. The van der Waals surface area contributed by atoms with Crippen LogP contribution in [0.5, 0.6) is 0 Å². The number of aromatic amines is 2. The zero-order valence-electron chi connectivity index (χ0n) is 14.7. The highest BCUT2D eigenvalue weighted by Gasteiger charge is 2.41. The lowest BCUT2D eigenvalue weighted by atomic mass is 10.1. The maximum absolute atomic E-state index is 13.3. The lowest BCUT2D eigenvalue weighted by Gasteiger charge is -2.42. The van der Waals surface area contributed by atoms with Crippen LogP contribution in [0.2, 0.25) is 0 Å². The number of nitrogens with zero attached hydrogens (tertiary/aromatic N) is 2. The smallest absolute Gasteiger partial charge is 0.326 e. The second kappa shape index (κ2) is 6.86. The Hall–Kier alpha value is -2.01. The Morgan fingerprint density at radius 2 is 2.00 bits per heavy atom. The normalized spacial score (nSPS) is 24.3. The number of aromatic nitrogens is 2. The first-order valence-electron chi connectivity index (χ1n) is 9.03. The zero-order chi connectivity index (χ0) is 19.2. The van der Waals surface area contributed by atoms with Gasteiger partial charge in [-0.15, -0.1) is 0 Å². The molecule has 2 saturated heterocycles. The summed E-state index contributed by atoms with van der Waals surface area (Å²) in [5.74, 6) is 0. The SMILES string of the molecule is O=c1[nH]c(=O)c2cc(S(=O)(=O)N3CC4CCCN4C[C@@H]3CCO)ccc2[nH]1. The number of H-pyrrole nitrogens is 2. The van der Waals surface area contributed by atoms with E-state index in [4.69, 9.17) is 0 Å². The Labute approximate surface area is 155 Å². The highest BCUT2D eigenvalue weighted by atomic mass is 32.2. The van der Waals surface area contributed by atoms with Gasteiger partial charge in [0.2, 0.25) is 10.0 Å². The highest BCUT2D eigenvalue weighted by molar-refractivity contribution is 7.89. The van der Waals surface area contributed by atoms with E-state index in [9.17, 15) is 23.1 Å². The van der Waals surface area contributed by atoms with Crippen molar-refractivity contribution in [3.63, 3.8) is 0 Å². The van der Waals surface area contributed by atoms with E-state index in [-0.39, 0.29) is 34.5 Å². The van der Waals surface area contributed by atoms with E-state index in [1.807, 2.05) is 0 Å². The van der Waals surface area contributed by atoms with Crippen molar-refractivity contribution < 1.29 is 13.5 Å². The number of sulfonamides is 1. The number of rotatable bonds is 4. The maximum atomic E-state index is 13.3. The van der Waals surface area contributed by atoms with E-state index >= 15 is 0 Å². The summed E-state index contributed by atoms with van der Waals surface area (Å²) in [5, 5.41) is 9.52. The monoisotopic (exact) mass is 394 g/mol. The van der Waals surface area contributed by atoms with E-state index in [0.29, 0.717) is 19.5 Å². The largest absolute Gasteiger partial charge is 0.396 e. The third-order valence-electron chi connectivity index (χ3n) is 5.52. The van der Waals surface area contributed by atoms with Gasteiger partial charge in [-0.1, -0.05) is 0 Å². The molecule has 3 heterocycles. The van der Waals surface area contributed by atoms with Crippen molar-refractivity contribution in [3.05, 3.63) is 39.0 Å². The van der Waals surface area contributed by atoms with Gasteiger partial charge >= 0.3 is 5.69 Å². The molecule has 146 valence electrons. The van der Waals surface area contributed by atoms with Gasteiger partial charge in [-0.25, -0.2) is 13.2 Å². The fourth-order valence-electron chi connectivity index (χ4n) is 4.18. The van der Waals surface area contributed by atoms with Crippen molar-refractivity contribution in [2.75, 3.05) is 26.2 Å². The molecule has 9 nitrogen and oxygen atoms in total. The molecule has 1 unspecified atom stereocenters. The Morgan fingerprint density at radius 1 is 1.19 bits per heavy atom.